The predicted molar refractivity (Wildman–Crippen MR) is 84.0 cm³/mol. The molecule has 0 aromatic carbocycles. The van der Waals surface area contributed by atoms with Crippen molar-refractivity contribution >= 4 is 11.9 Å². The molecule has 2 saturated heterocycles. The molecule has 6 nitrogen and oxygen atoms in total. The lowest BCUT2D eigenvalue weighted by Crippen LogP contribution is -2.48. The number of ether oxygens (including phenoxy) is 1. The van der Waals surface area contributed by atoms with Crippen molar-refractivity contribution in [3.63, 3.8) is 0 Å². The minimum Gasteiger partial charge on any atom is -0.481 e. The van der Waals surface area contributed by atoms with Crippen molar-refractivity contribution in [2.24, 2.45) is 0 Å². The standard InChI is InChI=1S/C16H24N4O2/c1-3-15(21)19-10-4-6-12(19)13-7-5-11-20(13)16-17-9-8-14(18-16)22-2/h8-9,12-13H,3-7,10-11H2,1-2H3/t12-,13-/m0/s1. The van der Waals surface area contributed by atoms with E-state index in [1.54, 1.807) is 19.4 Å². The van der Waals surface area contributed by atoms with Crippen LogP contribution in [0.1, 0.15) is 39.0 Å². The number of rotatable bonds is 4. The first-order valence-electron chi connectivity index (χ1n) is 8.17. The maximum Gasteiger partial charge on any atom is 0.228 e. The van der Waals surface area contributed by atoms with Gasteiger partial charge in [-0.25, -0.2) is 4.98 Å². The molecule has 0 N–H and O–H groups in total. The summed E-state index contributed by atoms with van der Waals surface area (Å²) in [4.78, 5) is 25.4. The number of carbonyl (C=O) groups excluding carboxylic acids is 1. The van der Waals surface area contributed by atoms with Crippen molar-refractivity contribution < 1.29 is 9.53 Å². The lowest BCUT2D eigenvalue weighted by atomic mass is 10.0. The molecule has 120 valence electrons. The fraction of sp³-hybridized carbons (Fsp3) is 0.688. The minimum absolute atomic E-state index is 0.265. The number of amides is 1. The molecule has 2 aliphatic rings. The second kappa shape index (κ2) is 6.50. The molecule has 1 aromatic heterocycles. The molecule has 2 atom stereocenters. The van der Waals surface area contributed by atoms with Crippen LogP contribution in [0.5, 0.6) is 5.88 Å². The van der Waals surface area contributed by atoms with Crippen LogP contribution in [-0.4, -0.2) is 53.1 Å². The summed E-state index contributed by atoms with van der Waals surface area (Å²) in [5.74, 6) is 1.57. The van der Waals surface area contributed by atoms with Gasteiger partial charge in [0.05, 0.1) is 19.2 Å². The van der Waals surface area contributed by atoms with Gasteiger partial charge in [-0.2, -0.15) is 4.98 Å². The van der Waals surface area contributed by atoms with Gasteiger partial charge >= 0.3 is 0 Å². The van der Waals surface area contributed by atoms with Crippen molar-refractivity contribution in [2.75, 3.05) is 25.1 Å². The van der Waals surface area contributed by atoms with Gasteiger partial charge in [-0.05, 0) is 25.7 Å². The summed E-state index contributed by atoms with van der Waals surface area (Å²) < 4.78 is 5.21. The van der Waals surface area contributed by atoms with E-state index in [0.717, 1.165) is 44.7 Å². The topological polar surface area (TPSA) is 58.6 Å². The van der Waals surface area contributed by atoms with Gasteiger partial charge in [0, 0.05) is 31.8 Å². The zero-order valence-electron chi connectivity index (χ0n) is 13.4. The van der Waals surface area contributed by atoms with Gasteiger partial charge in [0.1, 0.15) is 0 Å². The van der Waals surface area contributed by atoms with E-state index in [2.05, 4.69) is 19.8 Å². The summed E-state index contributed by atoms with van der Waals surface area (Å²) in [6, 6.07) is 2.38. The number of hydrogen-bond acceptors (Lipinski definition) is 5. The normalized spacial score (nSPS) is 24.8. The highest BCUT2D eigenvalue weighted by Gasteiger charge is 2.40. The summed E-state index contributed by atoms with van der Waals surface area (Å²) in [5, 5.41) is 0. The zero-order valence-corrected chi connectivity index (χ0v) is 13.4. The van der Waals surface area contributed by atoms with Crippen molar-refractivity contribution in [3.05, 3.63) is 12.3 Å². The predicted octanol–water partition coefficient (Wildman–Crippen LogP) is 1.85. The van der Waals surface area contributed by atoms with Gasteiger partial charge in [0.2, 0.25) is 17.7 Å². The summed E-state index contributed by atoms with van der Waals surface area (Å²) in [6.07, 6.45) is 6.71. The number of nitrogens with zero attached hydrogens (tertiary/aromatic N) is 4. The highest BCUT2D eigenvalue weighted by Crippen LogP contribution is 2.32. The molecule has 3 heterocycles. The molecule has 22 heavy (non-hydrogen) atoms. The van der Waals surface area contributed by atoms with Crippen LogP contribution in [0.2, 0.25) is 0 Å². The Labute approximate surface area is 131 Å². The van der Waals surface area contributed by atoms with Crippen LogP contribution in [0.25, 0.3) is 0 Å². The zero-order chi connectivity index (χ0) is 15.5. The maximum absolute atomic E-state index is 12.2. The SMILES string of the molecule is CCC(=O)N1CCC[C@H]1[C@@H]1CCCN1c1nccc(OC)n1. The number of methoxy groups -OCH3 is 1. The summed E-state index contributed by atoms with van der Waals surface area (Å²) >= 11 is 0. The Morgan fingerprint density at radius 2 is 2.09 bits per heavy atom. The van der Waals surface area contributed by atoms with Gasteiger partial charge in [0.25, 0.3) is 0 Å². The third-order valence-electron chi connectivity index (χ3n) is 4.75. The molecule has 2 aliphatic heterocycles. The molecule has 2 fully saturated rings. The maximum atomic E-state index is 12.2. The Kier molecular flexibility index (Phi) is 4.45. The number of aromatic nitrogens is 2. The third kappa shape index (κ3) is 2.74. The average Bonchev–Trinajstić information content (AvgIpc) is 3.22. The van der Waals surface area contributed by atoms with Gasteiger partial charge in [0.15, 0.2) is 0 Å². The molecule has 0 saturated carbocycles. The van der Waals surface area contributed by atoms with E-state index < -0.39 is 0 Å². The first-order chi connectivity index (χ1) is 10.7. The lowest BCUT2D eigenvalue weighted by Gasteiger charge is -2.35. The first kappa shape index (κ1) is 15.1. The molecule has 6 heteroatoms. The Hall–Kier alpha value is -1.85. The molecule has 0 bridgehead atoms. The Bertz CT molecular complexity index is 537. The number of anilines is 1. The van der Waals surface area contributed by atoms with Crippen LogP contribution in [0.4, 0.5) is 5.95 Å². The van der Waals surface area contributed by atoms with E-state index in [4.69, 9.17) is 4.74 Å². The molecule has 0 spiro atoms. The van der Waals surface area contributed by atoms with E-state index in [1.807, 2.05) is 6.92 Å². The first-order valence-corrected chi connectivity index (χ1v) is 8.17. The van der Waals surface area contributed by atoms with Gasteiger partial charge < -0.3 is 14.5 Å². The fourth-order valence-electron chi connectivity index (χ4n) is 3.73. The van der Waals surface area contributed by atoms with E-state index in [1.165, 1.54) is 0 Å². The molecule has 1 amide bonds. The molecular weight excluding hydrogens is 280 g/mol. The number of hydrogen-bond donors (Lipinski definition) is 0. The Balaban J connectivity index is 1.82. The van der Waals surface area contributed by atoms with E-state index in [-0.39, 0.29) is 5.91 Å². The summed E-state index contributed by atoms with van der Waals surface area (Å²) in [6.45, 7) is 3.78. The Morgan fingerprint density at radius 3 is 2.86 bits per heavy atom. The summed E-state index contributed by atoms with van der Waals surface area (Å²) in [5.41, 5.74) is 0. The molecule has 1 aromatic rings. The quantitative estimate of drug-likeness (QED) is 0.849. The van der Waals surface area contributed by atoms with Gasteiger partial charge in [-0.1, -0.05) is 6.92 Å². The molecule has 0 radical (unpaired) electrons. The van der Waals surface area contributed by atoms with Crippen LogP contribution >= 0.6 is 0 Å². The number of carbonyl (C=O) groups is 1. The van der Waals surface area contributed by atoms with Crippen LogP contribution in [-0.2, 0) is 4.79 Å². The third-order valence-corrected chi connectivity index (χ3v) is 4.75. The van der Waals surface area contributed by atoms with E-state index in [9.17, 15) is 4.79 Å². The molecule has 0 aliphatic carbocycles. The smallest absolute Gasteiger partial charge is 0.228 e. The Morgan fingerprint density at radius 1 is 1.32 bits per heavy atom. The molecular formula is C16H24N4O2. The van der Waals surface area contributed by atoms with Crippen molar-refractivity contribution in [1.29, 1.82) is 0 Å². The van der Waals surface area contributed by atoms with Gasteiger partial charge in [-0.15, -0.1) is 0 Å². The second-order valence-electron chi connectivity index (χ2n) is 5.95. The lowest BCUT2D eigenvalue weighted by molar-refractivity contribution is -0.132. The number of likely N-dealkylation sites (tertiary alicyclic amines) is 1. The highest BCUT2D eigenvalue weighted by molar-refractivity contribution is 5.76. The fourth-order valence-corrected chi connectivity index (χ4v) is 3.73. The highest BCUT2D eigenvalue weighted by atomic mass is 16.5. The van der Waals surface area contributed by atoms with Crippen molar-refractivity contribution in [2.45, 2.75) is 51.1 Å². The van der Waals surface area contributed by atoms with Crippen LogP contribution in [0.3, 0.4) is 0 Å². The van der Waals surface area contributed by atoms with Crippen LogP contribution in [0.15, 0.2) is 12.3 Å². The van der Waals surface area contributed by atoms with Gasteiger partial charge in [-0.3, -0.25) is 4.79 Å². The second-order valence-corrected chi connectivity index (χ2v) is 5.95. The molecule has 0 unspecified atom stereocenters. The van der Waals surface area contributed by atoms with Crippen LogP contribution in [0, 0.1) is 0 Å². The summed E-state index contributed by atoms with van der Waals surface area (Å²) in [7, 11) is 1.62. The minimum atomic E-state index is 0.265. The molecule has 3 rings (SSSR count). The van der Waals surface area contributed by atoms with Crippen molar-refractivity contribution in [3.8, 4) is 5.88 Å². The van der Waals surface area contributed by atoms with E-state index in [0.29, 0.717) is 24.4 Å². The largest absolute Gasteiger partial charge is 0.481 e. The monoisotopic (exact) mass is 304 g/mol. The van der Waals surface area contributed by atoms with Crippen LogP contribution < -0.4 is 9.64 Å². The van der Waals surface area contributed by atoms with Crippen molar-refractivity contribution in [1.82, 2.24) is 14.9 Å². The van der Waals surface area contributed by atoms with E-state index >= 15 is 0 Å². The average molecular weight is 304 g/mol.